The molecule has 1 unspecified atom stereocenters. The van der Waals surface area contributed by atoms with Crippen molar-refractivity contribution in [2.24, 2.45) is 0 Å². The number of halogens is 1. The lowest BCUT2D eigenvalue weighted by Gasteiger charge is -2.28. The van der Waals surface area contributed by atoms with Crippen LogP contribution in [0.25, 0.3) is 0 Å². The van der Waals surface area contributed by atoms with E-state index in [0.29, 0.717) is 11.2 Å². The average Bonchev–Trinajstić information content (AvgIpc) is 2.93. The molecule has 112 valence electrons. The van der Waals surface area contributed by atoms with Gasteiger partial charge in [-0.2, -0.15) is 0 Å². The van der Waals surface area contributed by atoms with E-state index in [0.717, 1.165) is 15.5 Å². The summed E-state index contributed by atoms with van der Waals surface area (Å²) < 4.78 is 0. The topological polar surface area (TPSA) is 50.9 Å². The first-order valence-electron chi connectivity index (χ1n) is 7.45. The first-order chi connectivity index (χ1) is 10.2. The van der Waals surface area contributed by atoms with Crippen LogP contribution in [0.3, 0.4) is 0 Å². The van der Waals surface area contributed by atoms with Crippen molar-refractivity contribution >= 4 is 28.1 Å². The van der Waals surface area contributed by atoms with E-state index in [2.05, 4.69) is 16.4 Å². The van der Waals surface area contributed by atoms with Crippen LogP contribution in [0.5, 0.6) is 0 Å². The van der Waals surface area contributed by atoms with Crippen LogP contribution in [-0.2, 0) is 0 Å². The van der Waals surface area contributed by atoms with E-state index < -0.39 is 0 Å². The number of thiazole rings is 1. The number of benzene rings is 1. The van der Waals surface area contributed by atoms with Crippen LogP contribution < -0.4 is 11.1 Å². The van der Waals surface area contributed by atoms with Gasteiger partial charge in [-0.25, -0.2) is 4.98 Å². The molecule has 1 heterocycles. The highest BCUT2D eigenvalue weighted by Gasteiger charge is 2.23. The third-order valence-electron chi connectivity index (χ3n) is 4.05. The molecule has 3 N–H and O–H groups in total. The average molecular weight is 322 g/mol. The molecule has 1 fully saturated rings. The molecule has 2 aromatic rings. The standard InChI is InChI=1S/C16H20ClN3S/c17-13-9-5-4-8-12(13)15(14-10-19-16(18)21-14)20-11-6-2-1-3-7-11/h4-5,8-11,15,20H,1-3,6-7H2,(H2,18,19). The second-order valence-electron chi connectivity index (χ2n) is 5.56. The van der Waals surface area contributed by atoms with Crippen molar-refractivity contribution in [3.05, 3.63) is 45.9 Å². The molecule has 0 aliphatic heterocycles. The highest BCUT2D eigenvalue weighted by molar-refractivity contribution is 7.15. The van der Waals surface area contributed by atoms with E-state index in [9.17, 15) is 0 Å². The highest BCUT2D eigenvalue weighted by atomic mass is 35.5. The molecule has 21 heavy (non-hydrogen) atoms. The molecule has 0 radical (unpaired) electrons. The highest BCUT2D eigenvalue weighted by Crippen LogP contribution is 2.33. The summed E-state index contributed by atoms with van der Waals surface area (Å²) in [5, 5.41) is 5.17. The molecule has 0 saturated heterocycles. The Morgan fingerprint density at radius 1 is 1.24 bits per heavy atom. The lowest BCUT2D eigenvalue weighted by atomic mass is 9.93. The van der Waals surface area contributed by atoms with Crippen molar-refractivity contribution in [3.8, 4) is 0 Å². The third-order valence-corrected chi connectivity index (χ3v) is 5.29. The molecule has 0 amide bonds. The largest absolute Gasteiger partial charge is 0.375 e. The van der Waals surface area contributed by atoms with Crippen LogP contribution in [0.2, 0.25) is 5.02 Å². The molecule has 1 aliphatic carbocycles. The number of rotatable bonds is 4. The van der Waals surface area contributed by atoms with E-state index in [1.54, 1.807) is 0 Å². The van der Waals surface area contributed by atoms with Gasteiger partial charge in [0.1, 0.15) is 0 Å². The second kappa shape index (κ2) is 6.77. The minimum atomic E-state index is 0.0802. The van der Waals surface area contributed by atoms with Crippen molar-refractivity contribution < 1.29 is 0 Å². The van der Waals surface area contributed by atoms with Crippen LogP contribution in [-0.4, -0.2) is 11.0 Å². The molecule has 1 aromatic carbocycles. The zero-order valence-corrected chi connectivity index (χ0v) is 13.5. The summed E-state index contributed by atoms with van der Waals surface area (Å²) in [6.45, 7) is 0. The summed E-state index contributed by atoms with van der Waals surface area (Å²) in [5.41, 5.74) is 6.92. The number of nitrogens with one attached hydrogen (secondary N) is 1. The van der Waals surface area contributed by atoms with Gasteiger partial charge in [-0.15, -0.1) is 11.3 Å². The molecule has 3 nitrogen and oxygen atoms in total. The van der Waals surface area contributed by atoms with E-state index >= 15 is 0 Å². The lowest BCUT2D eigenvalue weighted by molar-refractivity contribution is 0.356. The van der Waals surface area contributed by atoms with Gasteiger partial charge in [0, 0.05) is 22.1 Å². The molecule has 3 rings (SSSR count). The zero-order chi connectivity index (χ0) is 14.7. The molecular weight excluding hydrogens is 302 g/mol. The van der Waals surface area contributed by atoms with Crippen LogP contribution in [0.1, 0.15) is 48.6 Å². The smallest absolute Gasteiger partial charge is 0.180 e. The van der Waals surface area contributed by atoms with Crippen LogP contribution in [0.15, 0.2) is 30.5 Å². The molecule has 0 spiro atoms. The number of hydrogen-bond acceptors (Lipinski definition) is 4. The quantitative estimate of drug-likeness (QED) is 0.878. The Hall–Kier alpha value is -1.10. The summed E-state index contributed by atoms with van der Waals surface area (Å²) in [7, 11) is 0. The van der Waals surface area contributed by atoms with Crippen LogP contribution in [0, 0.1) is 0 Å². The molecule has 1 atom stereocenters. The summed E-state index contributed by atoms with van der Waals surface area (Å²) >= 11 is 7.94. The fourth-order valence-corrected chi connectivity index (χ4v) is 3.98. The Labute approximate surface area is 134 Å². The van der Waals surface area contributed by atoms with E-state index in [-0.39, 0.29) is 6.04 Å². The maximum absolute atomic E-state index is 6.41. The normalized spacial score (nSPS) is 17.8. The van der Waals surface area contributed by atoms with E-state index in [1.165, 1.54) is 43.4 Å². The fourth-order valence-electron chi connectivity index (χ4n) is 2.97. The maximum atomic E-state index is 6.41. The van der Waals surface area contributed by atoms with Crippen molar-refractivity contribution in [1.29, 1.82) is 0 Å². The summed E-state index contributed by atoms with van der Waals surface area (Å²) in [4.78, 5) is 5.33. The second-order valence-corrected chi connectivity index (χ2v) is 7.06. The molecule has 1 aliphatic rings. The minimum Gasteiger partial charge on any atom is -0.375 e. The summed E-state index contributed by atoms with van der Waals surface area (Å²) in [5.74, 6) is 0. The maximum Gasteiger partial charge on any atom is 0.180 e. The van der Waals surface area contributed by atoms with Gasteiger partial charge >= 0.3 is 0 Å². The Balaban J connectivity index is 1.89. The minimum absolute atomic E-state index is 0.0802. The SMILES string of the molecule is Nc1ncc(C(NC2CCCCC2)c2ccccc2Cl)s1. The van der Waals surface area contributed by atoms with E-state index in [4.69, 9.17) is 17.3 Å². The van der Waals surface area contributed by atoms with Gasteiger partial charge in [0.15, 0.2) is 5.13 Å². The fraction of sp³-hybridized carbons (Fsp3) is 0.438. The molecule has 1 aromatic heterocycles. The van der Waals surface area contributed by atoms with Crippen molar-refractivity contribution in [1.82, 2.24) is 10.3 Å². The molecule has 5 heteroatoms. The summed E-state index contributed by atoms with van der Waals surface area (Å²) in [6.07, 6.45) is 8.28. The Morgan fingerprint density at radius 2 is 2.00 bits per heavy atom. The third kappa shape index (κ3) is 3.57. The van der Waals surface area contributed by atoms with Crippen molar-refractivity contribution in [2.75, 3.05) is 5.73 Å². The monoisotopic (exact) mass is 321 g/mol. The number of anilines is 1. The number of nitrogens with zero attached hydrogens (tertiary/aromatic N) is 1. The van der Waals surface area contributed by atoms with Crippen LogP contribution >= 0.6 is 22.9 Å². The van der Waals surface area contributed by atoms with Gasteiger partial charge in [-0.3, -0.25) is 0 Å². The van der Waals surface area contributed by atoms with Gasteiger partial charge in [0.05, 0.1) is 6.04 Å². The first-order valence-corrected chi connectivity index (χ1v) is 8.65. The Kier molecular flexibility index (Phi) is 4.78. The number of nitrogens with two attached hydrogens (primary N) is 1. The molecule has 0 bridgehead atoms. The van der Waals surface area contributed by atoms with Gasteiger partial charge in [0.2, 0.25) is 0 Å². The van der Waals surface area contributed by atoms with Crippen molar-refractivity contribution in [3.63, 3.8) is 0 Å². The number of hydrogen-bond donors (Lipinski definition) is 2. The number of nitrogen functional groups attached to an aromatic ring is 1. The molecule has 1 saturated carbocycles. The predicted octanol–water partition coefficient (Wildman–Crippen LogP) is 4.39. The van der Waals surface area contributed by atoms with Gasteiger partial charge in [-0.05, 0) is 24.5 Å². The van der Waals surface area contributed by atoms with Crippen molar-refractivity contribution in [2.45, 2.75) is 44.2 Å². The van der Waals surface area contributed by atoms with Gasteiger partial charge in [-0.1, -0.05) is 49.1 Å². The Bertz CT molecular complexity index is 593. The predicted molar refractivity (Wildman–Crippen MR) is 89.8 cm³/mol. The Morgan fingerprint density at radius 3 is 2.67 bits per heavy atom. The first kappa shape index (κ1) is 14.8. The lowest BCUT2D eigenvalue weighted by Crippen LogP contribution is -2.34. The van der Waals surface area contributed by atoms with Gasteiger partial charge in [0.25, 0.3) is 0 Å². The molecular formula is C16H20ClN3S. The van der Waals surface area contributed by atoms with E-state index in [1.807, 2.05) is 24.4 Å². The summed E-state index contributed by atoms with van der Waals surface area (Å²) in [6, 6.07) is 8.64. The zero-order valence-electron chi connectivity index (χ0n) is 11.9. The number of aromatic nitrogens is 1. The van der Waals surface area contributed by atoms with Gasteiger partial charge < -0.3 is 11.1 Å². The van der Waals surface area contributed by atoms with Crippen LogP contribution in [0.4, 0.5) is 5.13 Å².